The summed E-state index contributed by atoms with van der Waals surface area (Å²) in [5, 5.41) is 0. The van der Waals surface area contributed by atoms with Crippen molar-refractivity contribution in [2.24, 2.45) is 16.9 Å². The Balaban J connectivity index is 2.25. The van der Waals surface area contributed by atoms with Crippen LogP contribution in [0.3, 0.4) is 0 Å². The van der Waals surface area contributed by atoms with Gasteiger partial charge in [-0.15, -0.1) is 0 Å². The molecule has 0 aliphatic heterocycles. The van der Waals surface area contributed by atoms with Crippen LogP contribution in [0, 0.1) is 5.41 Å². The van der Waals surface area contributed by atoms with Gasteiger partial charge in [0.15, 0.2) is 0 Å². The van der Waals surface area contributed by atoms with Gasteiger partial charge in [-0.2, -0.15) is 0 Å². The van der Waals surface area contributed by atoms with Crippen LogP contribution in [0.5, 0.6) is 0 Å². The van der Waals surface area contributed by atoms with E-state index in [1.165, 1.54) is 0 Å². The first-order valence-corrected chi connectivity index (χ1v) is 4.65. The third-order valence-corrected chi connectivity index (χ3v) is 3.64. The maximum absolute atomic E-state index is 11.2. The third-order valence-electron chi connectivity index (χ3n) is 3.64. The number of fused-ring (bicyclic) bond motifs is 2. The second kappa shape index (κ2) is 2.22. The molecular weight excluding hydrogens is 152 g/mol. The molecule has 3 nitrogen and oxygen atoms in total. The monoisotopic (exact) mass is 168 g/mol. The van der Waals surface area contributed by atoms with Crippen LogP contribution in [0.2, 0.25) is 0 Å². The maximum Gasteiger partial charge on any atom is 0.223 e. The van der Waals surface area contributed by atoms with Crippen molar-refractivity contribution >= 4 is 5.91 Å². The fourth-order valence-corrected chi connectivity index (χ4v) is 2.88. The Hall–Kier alpha value is -0.570. The number of nitrogens with two attached hydrogens (primary N) is 2. The third kappa shape index (κ3) is 0.959. The number of hydrogen-bond donors (Lipinski definition) is 2. The van der Waals surface area contributed by atoms with Crippen molar-refractivity contribution < 1.29 is 4.79 Å². The van der Waals surface area contributed by atoms with E-state index in [0.29, 0.717) is 0 Å². The normalized spacial score (nSPS) is 46.1. The van der Waals surface area contributed by atoms with E-state index in [2.05, 4.69) is 0 Å². The standard InChI is InChI=1S/C9H16N2O/c10-7(12)8-2-1-3-9(11,6-8)5-4-8/h1-6,11H2,(H2,10,12)/t8-,9+/m1/s1. The van der Waals surface area contributed by atoms with E-state index in [1.54, 1.807) is 0 Å². The molecule has 2 rings (SSSR count). The zero-order chi connectivity index (χ0) is 8.82. The quantitative estimate of drug-likeness (QED) is 0.599. The molecule has 0 radical (unpaired) electrons. The molecule has 2 bridgehead atoms. The summed E-state index contributed by atoms with van der Waals surface area (Å²) in [7, 11) is 0. The van der Waals surface area contributed by atoms with Gasteiger partial charge in [-0.25, -0.2) is 0 Å². The predicted molar refractivity (Wildman–Crippen MR) is 46.2 cm³/mol. The lowest BCUT2D eigenvalue weighted by molar-refractivity contribution is -0.128. The topological polar surface area (TPSA) is 69.1 Å². The molecule has 0 unspecified atom stereocenters. The second-order valence-corrected chi connectivity index (χ2v) is 4.54. The van der Waals surface area contributed by atoms with Crippen LogP contribution in [0.25, 0.3) is 0 Å². The molecule has 2 saturated carbocycles. The van der Waals surface area contributed by atoms with Gasteiger partial charge in [0.25, 0.3) is 0 Å². The van der Waals surface area contributed by atoms with E-state index < -0.39 is 0 Å². The van der Waals surface area contributed by atoms with Gasteiger partial charge in [0, 0.05) is 5.54 Å². The zero-order valence-electron chi connectivity index (χ0n) is 7.31. The molecule has 0 saturated heterocycles. The van der Waals surface area contributed by atoms with Crippen LogP contribution in [0.15, 0.2) is 0 Å². The molecule has 0 aromatic heterocycles. The average molecular weight is 168 g/mol. The Bertz CT molecular complexity index is 229. The first kappa shape index (κ1) is 8.05. The number of amides is 1. The lowest BCUT2D eigenvalue weighted by atomic mass is 9.73. The molecule has 1 amide bonds. The molecule has 0 spiro atoms. The molecule has 0 aromatic carbocycles. The van der Waals surface area contributed by atoms with Crippen molar-refractivity contribution in [3.8, 4) is 0 Å². The van der Waals surface area contributed by atoms with Crippen LogP contribution in [0.4, 0.5) is 0 Å². The van der Waals surface area contributed by atoms with E-state index in [4.69, 9.17) is 11.5 Å². The molecule has 0 aromatic rings. The molecule has 12 heavy (non-hydrogen) atoms. The van der Waals surface area contributed by atoms with Crippen molar-refractivity contribution in [1.29, 1.82) is 0 Å². The lowest BCUT2D eigenvalue weighted by Gasteiger charge is -2.34. The van der Waals surface area contributed by atoms with E-state index in [9.17, 15) is 4.79 Å². The largest absolute Gasteiger partial charge is 0.369 e. The maximum atomic E-state index is 11.2. The molecule has 0 heterocycles. The number of carbonyl (C=O) groups excluding carboxylic acids is 1. The van der Waals surface area contributed by atoms with Gasteiger partial charge in [0.2, 0.25) is 5.91 Å². The summed E-state index contributed by atoms with van der Waals surface area (Å²) in [4.78, 5) is 11.2. The van der Waals surface area contributed by atoms with E-state index in [1.807, 2.05) is 0 Å². The summed E-state index contributed by atoms with van der Waals surface area (Å²) in [6.45, 7) is 0. The molecule has 2 aliphatic rings. The van der Waals surface area contributed by atoms with Gasteiger partial charge >= 0.3 is 0 Å². The highest BCUT2D eigenvalue weighted by Crippen LogP contribution is 2.52. The number of hydrogen-bond acceptors (Lipinski definition) is 2. The molecule has 2 aliphatic carbocycles. The zero-order valence-corrected chi connectivity index (χ0v) is 7.31. The molecular formula is C9H16N2O. The lowest BCUT2D eigenvalue weighted by Crippen LogP contribution is -2.45. The van der Waals surface area contributed by atoms with Crippen molar-refractivity contribution in [3.63, 3.8) is 0 Å². The van der Waals surface area contributed by atoms with Gasteiger partial charge in [-0.3, -0.25) is 4.79 Å². The fourth-order valence-electron chi connectivity index (χ4n) is 2.88. The van der Waals surface area contributed by atoms with Crippen LogP contribution < -0.4 is 11.5 Å². The summed E-state index contributed by atoms with van der Waals surface area (Å²) in [5.41, 5.74) is 11.2. The minimum atomic E-state index is -0.229. The summed E-state index contributed by atoms with van der Waals surface area (Å²) >= 11 is 0. The van der Waals surface area contributed by atoms with Crippen LogP contribution in [0.1, 0.15) is 38.5 Å². The first-order valence-electron chi connectivity index (χ1n) is 4.65. The van der Waals surface area contributed by atoms with Gasteiger partial charge in [-0.05, 0) is 32.1 Å². The highest BCUT2D eigenvalue weighted by atomic mass is 16.1. The molecule has 3 heteroatoms. The fraction of sp³-hybridized carbons (Fsp3) is 0.889. The van der Waals surface area contributed by atoms with Crippen LogP contribution >= 0.6 is 0 Å². The minimum Gasteiger partial charge on any atom is -0.369 e. The summed E-state index contributed by atoms with van der Waals surface area (Å²) in [6.07, 6.45) is 5.83. The van der Waals surface area contributed by atoms with E-state index >= 15 is 0 Å². The van der Waals surface area contributed by atoms with Gasteiger partial charge < -0.3 is 11.5 Å². The predicted octanol–water partition coefficient (Wildman–Crippen LogP) is 0.523. The molecule has 2 fully saturated rings. The van der Waals surface area contributed by atoms with Crippen LogP contribution in [-0.2, 0) is 4.79 Å². The average Bonchev–Trinajstić information content (AvgIpc) is 2.24. The SMILES string of the molecule is NC(=O)[C@]12CCC[C@](N)(CC1)C2. The smallest absolute Gasteiger partial charge is 0.223 e. The van der Waals surface area contributed by atoms with E-state index in [0.717, 1.165) is 38.5 Å². The molecule has 68 valence electrons. The Kier molecular flexibility index (Phi) is 1.49. The van der Waals surface area contributed by atoms with Crippen molar-refractivity contribution in [3.05, 3.63) is 0 Å². The number of rotatable bonds is 1. The van der Waals surface area contributed by atoms with Crippen molar-refractivity contribution in [2.45, 2.75) is 44.1 Å². The molecule has 2 atom stereocenters. The first-order chi connectivity index (χ1) is 5.56. The Labute approximate surface area is 72.5 Å². The van der Waals surface area contributed by atoms with Crippen molar-refractivity contribution in [1.82, 2.24) is 0 Å². The highest BCUT2D eigenvalue weighted by molar-refractivity contribution is 5.81. The van der Waals surface area contributed by atoms with Crippen molar-refractivity contribution in [2.75, 3.05) is 0 Å². The Morgan fingerprint density at radius 2 is 1.92 bits per heavy atom. The molecule has 4 N–H and O–H groups in total. The summed E-state index contributed by atoms with van der Waals surface area (Å²) in [6, 6.07) is 0. The van der Waals surface area contributed by atoms with Crippen LogP contribution in [-0.4, -0.2) is 11.4 Å². The minimum absolute atomic E-state index is 0.0622. The van der Waals surface area contributed by atoms with Gasteiger partial charge in [0.05, 0.1) is 5.41 Å². The highest BCUT2D eigenvalue weighted by Gasteiger charge is 2.52. The van der Waals surface area contributed by atoms with Gasteiger partial charge in [0.1, 0.15) is 0 Å². The second-order valence-electron chi connectivity index (χ2n) is 4.54. The van der Waals surface area contributed by atoms with Gasteiger partial charge in [-0.1, -0.05) is 6.42 Å². The van der Waals surface area contributed by atoms with E-state index in [-0.39, 0.29) is 16.9 Å². The Morgan fingerprint density at radius 1 is 1.17 bits per heavy atom. The number of primary amides is 1. The number of carbonyl (C=O) groups is 1. The Morgan fingerprint density at radius 3 is 2.50 bits per heavy atom. The summed E-state index contributed by atoms with van der Waals surface area (Å²) in [5.74, 6) is -0.130. The summed E-state index contributed by atoms with van der Waals surface area (Å²) < 4.78 is 0.